The van der Waals surface area contributed by atoms with Gasteiger partial charge in [-0.1, -0.05) is 25.2 Å². The van der Waals surface area contributed by atoms with Crippen molar-refractivity contribution < 1.29 is 4.79 Å². The molecular formula is C14H16O. The summed E-state index contributed by atoms with van der Waals surface area (Å²) in [7, 11) is 0. The van der Waals surface area contributed by atoms with Crippen LogP contribution in [0, 0.1) is 29.6 Å². The highest BCUT2D eigenvalue weighted by molar-refractivity contribution is 5.75. The summed E-state index contributed by atoms with van der Waals surface area (Å²) in [4.78, 5) is 11.0. The number of allylic oxidation sites excluding steroid dienone is 4. The molecule has 0 bridgehead atoms. The fourth-order valence-corrected chi connectivity index (χ4v) is 2.82. The van der Waals surface area contributed by atoms with Gasteiger partial charge >= 0.3 is 0 Å². The van der Waals surface area contributed by atoms with Crippen molar-refractivity contribution in [3.05, 3.63) is 23.8 Å². The predicted octanol–water partition coefficient (Wildman–Crippen LogP) is 2.74. The molecule has 0 amide bonds. The van der Waals surface area contributed by atoms with Crippen LogP contribution in [0.2, 0.25) is 0 Å². The molecule has 1 fully saturated rings. The van der Waals surface area contributed by atoms with Crippen LogP contribution < -0.4 is 0 Å². The first-order valence-corrected chi connectivity index (χ1v) is 5.50. The van der Waals surface area contributed by atoms with Gasteiger partial charge in [-0.2, -0.15) is 0 Å². The van der Waals surface area contributed by atoms with Gasteiger partial charge in [0.05, 0.1) is 0 Å². The van der Waals surface area contributed by atoms with Gasteiger partial charge in [0.15, 0.2) is 0 Å². The van der Waals surface area contributed by atoms with Gasteiger partial charge in [0.25, 0.3) is 0 Å². The molecule has 0 unspecified atom stereocenters. The normalized spacial score (nSPS) is 38.8. The molecule has 0 aromatic rings. The van der Waals surface area contributed by atoms with Crippen molar-refractivity contribution in [1.29, 1.82) is 0 Å². The van der Waals surface area contributed by atoms with Crippen LogP contribution in [0.25, 0.3) is 0 Å². The second-order valence-electron chi connectivity index (χ2n) is 4.84. The van der Waals surface area contributed by atoms with Crippen LogP contribution in [0.15, 0.2) is 23.8 Å². The quantitative estimate of drug-likeness (QED) is 0.470. The van der Waals surface area contributed by atoms with E-state index in [9.17, 15) is 4.79 Å². The Morgan fingerprint density at radius 1 is 1.67 bits per heavy atom. The number of fused-ring (bicyclic) bond motifs is 1. The fourth-order valence-electron chi connectivity index (χ4n) is 2.82. The standard InChI is InChI=1S/C14H16O/c1-3-11-6-8-14(2)7-4-5-12(10-15)13(14)9-11/h1,4-5,7,10-11,13H,6,8-9H2,2H3/t11-,13-,14+/m1/s1. The van der Waals surface area contributed by atoms with Crippen molar-refractivity contribution in [2.75, 3.05) is 0 Å². The Labute approximate surface area is 91.3 Å². The third-order valence-electron chi connectivity index (χ3n) is 3.89. The van der Waals surface area contributed by atoms with Crippen LogP contribution in [0.3, 0.4) is 0 Å². The van der Waals surface area contributed by atoms with Crippen LogP contribution >= 0.6 is 0 Å². The molecule has 1 saturated carbocycles. The van der Waals surface area contributed by atoms with E-state index in [0.29, 0.717) is 11.8 Å². The second-order valence-corrected chi connectivity index (χ2v) is 4.84. The Hall–Kier alpha value is -1.29. The highest BCUT2D eigenvalue weighted by Crippen LogP contribution is 2.48. The molecule has 1 heteroatoms. The maximum absolute atomic E-state index is 11.0. The molecule has 15 heavy (non-hydrogen) atoms. The topological polar surface area (TPSA) is 17.1 Å². The van der Waals surface area contributed by atoms with Crippen LogP contribution in [0.1, 0.15) is 26.2 Å². The summed E-state index contributed by atoms with van der Waals surface area (Å²) in [6.45, 7) is 2.23. The van der Waals surface area contributed by atoms with E-state index in [1.165, 1.54) is 0 Å². The van der Waals surface area contributed by atoms with Crippen LogP contribution in [0.5, 0.6) is 0 Å². The van der Waals surface area contributed by atoms with Crippen molar-refractivity contribution in [3.63, 3.8) is 0 Å². The lowest BCUT2D eigenvalue weighted by Gasteiger charge is -2.43. The predicted molar refractivity (Wildman–Crippen MR) is 61.1 cm³/mol. The Kier molecular flexibility index (Phi) is 2.52. The van der Waals surface area contributed by atoms with E-state index in [1.54, 1.807) is 0 Å². The number of hydrogen-bond acceptors (Lipinski definition) is 1. The van der Waals surface area contributed by atoms with Gasteiger partial charge in [-0.25, -0.2) is 0 Å². The molecule has 0 saturated heterocycles. The van der Waals surface area contributed by atoms with Crippen LogP contribution in [-0.2, 0) is 4.79 Å². The SMILES string of the molecule is C#C[C@@H]1CC[C@]2(C)C=CC=C(C=O)[C@H]2C1. The highest BCUT2D eigenvalue weighted by Gasteiger charge is 2.40. The zero-order valence-electron chi connectivity index (χ0n) is 9.07. The van der Waals surface area contributed by atoms with Gasteiger partial charge in [-0.3, -0.25) is 4.79 Å². The van der Waals surface area contributed by atoms with E-state index in [2.05, 4.69) is 18.9 Å². The Balaban J connectivity index is 2.29. The maximum atomic E-state index is 11.0. The summed E-state index contributed by atoms with van der Waals surface area (Å²) in [6, 6.07) is 0. The first kappa shape index (κ1) is 10.2. The van der Waals surface area contributed by atoms with E-state index in [4.69, 9.17) is 6.42 Å². The number of rotatable bonds is 1. The molecule has 2 aliphatic rings. The summed E-state index contributed by atoms with van der Waals surface area (Å²) in [5.74, 6) is 3.51. The summed E-state index contributed by atoms with van der Waals surface area (Å²) in [5.41, 5.74) is 1.07. The van der Waals surface area contributed by atoms with E-state index >= 15 is 0 Å². The first-order chi connectivity index (χ1) is 7.19. The minimum atomic E-state index is 0.151. The van der Waals surface area contributed by atoms with Crippen molar-refractivity contribution in [2.24, 2.45) is 17.3 Å². The molecule has 78 valence electrons. The molecular weight excluding hydrogens is 184 g/mol. The Morgan fingerprint density at radius 2 is 2.47 bits per heavy atom. The maximum Gasteiger partial charge on any atom is 0.146 e. The number of hydrogen-bond donors (Lipinski definition) is 0. The molecule has 3 atom stereocenters. The number of aldehydes is 1. The zero-order valence-corrected chi connectivity index (χ0v) is 9.07. The van der Waals surface area contributed by atoms with Gasteiger partial charge in [0.1, 0.15) is 6.29 Å². The summed E-state index contributed by atoms with van der Waals surface area (Å²) < 4.78 is 0. The lowest BCUT2D eigenvalue weighted by molar-refractivity contribution is -0.105. The lowest BCUT2D eigenvalue weighted by Crippen LogP contribution is -2.35. The van der Waals surface area contributed by atoms with Crippen LogP contribution in [0.4, 0.5) is 0 Å². The molecule has 2 rings (SSSR count). The van der Waals surface area contributed by atoms with Gasteiger partial charge in [0.2, 0.25) is 0 Å². The molecule has 0 heterocycles. The molecule has 1 nitrogen and oxygen atoms in total. The second kappa shape index (κ2) is 3.70. The van der Waals surface area contributed by atoms with Gasteiger partial charge in [-0.05, 0) is 36.2 Å². The third kappa shape index (κ3) is 1.65. The van der Waals surface area contributed by atoms with Crippen LogP contribution in [-0.4, -0.2) is 6.29 Å². The highest BCUT2D eigenvalue weighted by atomic mass is 16.1. The summed E-state index contributed by atoms with van der Waals surface area (Å²) in [6.07, 6.45) is 15.8. The van der Waals surface area contributed by atoms with Crippen molar-refractivity contribution in [1.82, 2.24) is 0 Å². The van der Waals surface area contributed by atoms with E-state index < -0.39 is 0 Å². The van der Waals surface area contributed by atoms with E-state index in [0.717, 1.165) is 31.1 Å². The molecule has 2 aliphatic carbocycles. The minimum Gasteiger partial charge on any atom is -0.298 e. The van der Waals surface area contributed by atoms with Crippen molar-refractivity contribution >= 4 is 6.29 Å². The Morgan fingerprint density at radius 3 is 3.13 bits per heavy atom. The Bertz CT molecular complexity index is 369. The third-order valence-corrected chi connectivity index (χ3v) is 3.89. The average Bonchev–Trinajstić information content (AvgIpc) is 2.27. The molecule has 0 spiro atoms. The van der Waals surface area contributed by atoms with Gasteiger partial charge < -0.3 is 0 Å². The monoisotopic (exact) mass is 200 g/mol. The molecule has 0 N–H and O–H groups in total. The van der Waals surface area contributed by atoms with Gasteiger partial charge in [0, 0.05) is 5.92 Å². The average molecular weight is 200 g/mol. The fraction of sp³-hybridized carbons (Fsp3) is 0.500. The van der Waals surface area contributed by atoms with Gasteiger partial charge in [-0.15, -0.1) is 12.3 Å². The minimum absolute atomic E-state index is 0.151. The molecule has 0 aromatic heterocycles. The summed E-state index contributed by atoms with van der Waals surface area (Å²) in [5, 5.41) is 0. The smallest absolute Gasteiger partial charge is 0.146 e. The molecule has 0 aromatic carbocycles. The first-order valence-electron chi connectivity index (χ1n) is 5.50. The van der Waals surface area contributed by atoms with Crippen molar-refractivity contribution in [2.45, 2.75) is 26.2 Å². The number of terminal acetylenes is 1. The molecule has 0 aliphatic heterocycles. The van der Waals surface area contributed by atoms with E-state index in [1.807, 2.05) is 12.2 Å². The van der Waals surface area contributed by atoms with E-state index in [-0.39, 0.29) is 5.41 Å². The zero-order chi connectivity index (χ0) is 10.9. The largest absolute Gasteiger partial charge is 0.298 e. The number of carbonyl (C=O) groups is 1. The number of carbonyl (C=O) groups excluding carboxylic acids is 1. The van der Waals surface area contributed by atoms with Crippen molar-refractivity contribution in [3.8, 4) is 12.3 Å². The summed E-state index contributed by atoms with van der Waals surface area (Å²) >= 11 is 0. The lowest BCUT2D eigenvalue weighted by atomic mass is 9.60. The molecule has 0 radical (unpaired) electrons.